The van der Waals surface area contributed by atoms with Gasteiger partial charge in [0.25, 0.3) is 0 Å². The van der Waals surface area contributed by atoms with Gasteiger partial charge in [-0.1, -0.05) is 6.07 Å². The predicted molar refractivity (Wildman–Crippen MR) is 144 cm³/mol. The SMILES string of the molecule is CC(=O)N1CCN(c2ccc(-c3cccc(Nc4ccc(N5C[C@@H]6C[C@H]5CN6C)c(F)c4)n3)cn2)CC1. The zero-order valence-corrected chi connectivity index (χ0v) is 21.3. The highest BCUT2D eigenvalue weighted by Crippen LogP contribution is 2.36. The van der Waals surface area contributed by atoms with Crippen LogP contribution in [0.4, 0.5) is 27.4 Å². The number of pyridine rings is 2. The number of hydrogen-bond acceptors (Lipinski definition) is 7. The van der Waals surface area contributed by atoms with Crippen LogP contribution in [0.1, 0.15) is 13.3 Å². The number of fused-ring (bicyclic) bond motifs is 2. The van der Waals surface area contributed by atoms with Gasteiger partial charge in [0, 0.05) is 75.7 Å². The molecule has 37 heavy (non-hydrogen) atoms. The number of likely N-dealkylation sites (tertiary alicyclic amines) is 1. The third kappa shape index (κ3) is 4.71. The minimum atomic E-state index is -0.208. The normalized spacial score (nSPS) is 21.5. The number of likely N-dealkylation sites (N-methyl/N-ethyl adjacent to an activating group) is 1. The van der Waals surface area contributed by atoms with Crippen LogP contribution in [0.3, 0.4) is 0 Å². The number of rotatable bonds is 5. The lowest BCUT2D eigenvalue weighted by Crippen LogP contribution is -2.48. The van der Waals surface area contributed by atoms with Gasteiger partial charge in [-0.3, -0.25) is 9.69 Å². The lowest BCUT2D eigenvalue weighted by Gasteiger charge is -2.34. The second-order valence-corrected chi connectivity index (χ2v) is 10.2. The van der Waals surface area contributed by atoms with Crippen LogP contribution in [0.25, 0.3) is 11.3 Å². The van der Waals surface area contributed by atoms with Crippen molar-refractivity contribution in [3.8, 4) is 11.3 Å². The van der Waals surface area contributed by atoms with Gasteiger partial charge in [0.15, 0.2) is 0 Å². The molecule has 0 spiro atoms. The third-order valence-corrected chi connectivity index (χ3v) is 7.89. The lowest BCUT2D eigenvalue weighted by molar-refractivity contribution is -0.129. The van der Waals surface area contributed by atoms with Gasteiger partial charge in [-0.2, -0.15) is 0 Å². The van der Waals surface area contributed by atoms with Gasteiger partial charge in [-0.25, -0.2) is 14.4 Å². The molecule has 1 amide bonds. The molecular weight excluding hydrogens is 469 g/mol. The van der Waals surface area contributed by atoms with E-state index in [9.17, 15) is 4.79 Å². The molecule has 6 rings (SSSR count). The Morgan fingerprint density at radius 1 is 1.03 bits per heavy atom. The van der Waals surface area contributed by atoms with Gasteiger partial charge in [0.05, 0.1) is 11.4 Å². The molecule has 1 N–H and O–H groups in total. The molecule has 0 saturated carbocycles. The van der Waals surface area contributed by atoms with E-state index in [2.05, 4.69) is 32.0 Å². The molecule has 3 aliphatic heterocycles. The summed E-state index contributed by atoms with van der Waals surface area (Å²) in [5.74, 6) is 1.46. The molecule has 2 bridgehead atoms. The minimum absolute atomic E-state index is 0.118. The van der Waals surface area contributed by atoms with Crippen molar-refractivity contribution in [3.63, 3.8) is 0 Å². The van der Waals surface area contributed by atoms with Crippen LogP contribution in [0.5, 0.6) is 0 Å². The fourth-order valence-electron chi connectivity index (χ4n) is 5.77. The van der Waals surface area contributed by atoms with E-state index in [1.54, 1.807) is 13.0 Å². The van der Waals surface area contributed by atoms with Gasteiger partial charge in [-0.05, 0) is 55.9 Å². The standard InChI is InChI=1S/C28H32FN7O/c1-19(37)34-10-12-35(13-11-34)28-9-6-20(16-30-28)25-4-3-5-27(32-25)31-21-7-8-26(24(29)14-21)36-18-22-15-23(36)17-33(22)2/h3-9,14,16,22-23H,10-13,15,17-18H2,1-2H3,(H,31,32)/t22-,23-/m0/s1. The average Bonchev–Trinajstić information content (AvgIpc) is 3.49. The van der Waals surface area contributed by atoms with E-state index in [-0.39, 0.29) is 11.7 Å². The summed E-state index contributed by atoms with van der Waals surface area (Å²) in [7, 11) is 2.15. The Balaban J connectivity index is 1.12. The van der Waals surface area contributed by atoms with Gasteiger partial charge in [0.2, 0.25) is 5.91 Å². The number of halogens is 1. The fourth-order valence-corrected chi connectivity index (χ4v) is 5.77. The van der Waals surface area contributed by atoms with Gasteiger partial charge >= 0.3 is 0 Å². The Morgan fingerprint density at radius 2 is 1.86 bits per heavy atom. The molecule has 2 atom stereocenters. The number of hydrogen-bond donors (Lipinski definition) is 1. The van der Waals surface area contributed by atoms with Crippen molar-refractivity contribution in [1.82, 2.24) is 19.8 Å². The molecule has 5 heterocycles. The Bertz CT molecular complexity index is 1290. The van der Waals surface area contributed by atoms with Crippen molar-refractivity contribution in [2.75, 3.05) is 61.4 Å². The zero-order valence-electron chi connectivity index (χ0n) is 21.3. The van der Waals surface area contributed by atoms with Crippen molar-refractivity contribution >= 4 is 28.9 Å². The largest absolute Gasteiger partial charge is 0.363 e. The highest BCUT2D eigenvalue weighted by Gasteiger charge is 2.42. The smallest absolute Gasteiger partial charge is 0.219 e. The molecule has 0 aliphatic carbocycles. The molecule has 0 unspecified atom stereocenters. The van der Waals surface area contributed by atoms with E-state index in [4.69, 9.17) is 4.98 Å². The lowest BCUT2D eigenvalue weighted by atomic mass is 10.2. The number of aromatic nitrogens is 2. The topological polar surface area (TPSA) is 67.8 Å². The molecule has 8 nitrogen and oxygen atoms in total. The molecule has 9 heteroatoms. The molecular formula is C28H32FN7O. The molecule has 0 radical (unpaired) electrons. The summed E-state index contributed by atoms with van der Waals surface area (Å²) >= 11 is 0. The van der Waals surface area contributed by atoms with Crippen LogP contribution in [0.15, 0.2) is 54.7 Å². The number of nitrogens with one attached hydrogen (secondary N) is 1. The van der Waals surface area contributed by atoms with Crippen LogP contribution in [-0.2, 0) is 4.79 Å². The number of anilines is 4. The van der Waals surface area contributed by atoms with Crippen LogP contribution >= 0.6 is 0 Å². The first-order valence-corrected chi connectivity index (χ1v) is 12.9. The summed E-state index contributed by atoms with van der Waals surface area (Å²) in [5, 5.41) is 3.25. The highest BCUT2D eigenvalue weighted by molar-refractivity contribution is 5.73. The van der Waals surface area contributed by atoms with E-state index in [1.807, 2.05) is 53.6 Å². The average molecular weight is 502 g/mol. The summed E-state index contributed by atoms with van der Waals surface area (Å²) in [4.78, 5) is 29.6. The molecule has 3 fully saturated rings. The number of carbonyl (C=O) groups excluding carboxylic acids is 1. The number of benzene rings is 1. The zero-order chi connectivity index (χ0) is 25.5. The van der Waals surface area contributed by atoms with E-state index in [1.165, 1.54) is 0 Å². The number of piperazine rings is 2. The first kappa shape index (κ1) is 23.7. The third-order valence-electron chi connectivity index (χ3n) is 7.89. The van der Waals surface area contributed by atoms with Crippen LogP contribution < -0.4 is 15.1 Å². The maximum Gasteiger partial charge on any atom is 0.219 e. The summed E-state index contributed by atoms with van der Waals surface area (Å²) in [6.45, 7) is 6.46. The second kappa shape index (κ2) is 9.63. The predicted octanol–water partition coefficient (Wildman–Crippen LogP) is 3.59. The Hall–Kier alpha value is -3.72. The minimum Gasteiger partial charge on any atom is -0.363 e. The molecule has 3 aromatic rings. The first-order chi connectivity index (χ1) is 17.9. The number of amides is 1. The number of nitrogens with zero attached hydrogens (tertiary/aromatic N) is 6. The van der Waals surface area contributed by atoms with Gasteiger partial charge in [-0.15, -0.1) is 0 Å². The first-order valence-electron chi connectivity index (χ1n) is 12.9. The van der Waals surface area contributed by atoms with Crippen LogP contribution in [0.2, 0.25) is 0 Å². The summed E-state index contributed by atoms with van der Waals surface area (Å²) in [6, 6.07) is 16.0. The van der Waals surface area contributed by atoms with E-state index in [0.717, 1.165) is 49.7 Å². The van der Waals surface area contributed by atoms with Gasteiger partial charge < -0.3 is 20.0 Å². The molecule has 1 aromatic carbocycles. The maximum atomic E-state index is 15.1. The van der Waals surface area contributed by atoms with Crippen molar-refractivity contribution < 1.29 is 9.18 Å². The van der Waals surface area contributed by atoms with Gasteiger partial charge in [0.1, 0.15) is 17.5 Å². The van der Waals surface area contributed by atoms with Crippen LogP contribution in [0, 0.1) is 5.82 Å². The summed E-state index contributed by atoms with van der Waals surface area (Å²) in [5.41, 5.74) is 3.05. The molecule has 2 aromatic heterocycles. The van der Waals surface area contributed by atoms with Crippen molar-refractivity contribution in [2.24, 2.45) is 0 Å². The van der Waals surface area contributed by atoms with E-state index < -0.39 is 0 Å². The molecule has 3 saturated heterocycles. The van der Waals surface area contributed by atoms with Crippen molar-refractivity contribution in [2.45, 2.75) is 25.4 Å². The molecule has 192 valence electrons. The molecule has 3 aliphatic rings. The highest BCUT2D eigenvalue weighted by atomic mass is 19.1. The Labute approximate surface area is 216 Å². The van der Waals surface area contributed by atoms with Crippen molar-refractivity contribution in [3.05, 3.63) is 60.5 Å². The quantitative estimate of drug-likeness (QED) is 0.573. The number of carbonyl (C=O) groups is 1. The fraction of sp³-hybridized carbons (Fsp3) is 0.393. The van der Waals surface area contributed by atoms with E-state index >= 15 is 4.39 Å². The second-order valence-electron chi connectivity index (χ2n) is 10.2. The Morgan fingerprint density at radius 3 is 2.51 bits per heavy atom. The summed E-state index contributed by atoms with van der Waals surface area (Å²) < 4.78 is 15.1. The maximum absolute atomic E-state index is 15.1. The van der Waals surface area contributed by atoms with Crippen LogP contribution in [-0.4, -0.2) is 84.1 Å². The monoisotopic (exact) mass is 501 g/mol. The Kier molecular flexibility index (Phi) is 6.16. The summed E-state index contributed by atoms with van der Waals surface area (Å²) in [6.07, 6.45) is 2.94. The van der Waals surface area contributed by atoms with Crippen molar-refractivity contribution in [1.29, 1.82) is 0 Å². The van der Waals surface area contributed by atoms with E-state index in [0.29, 0.717) is 42.4 Å².